The number of carbonyl (C=O) groups is 1. The van der Waals surface area contributed by atoms with E-state index >= 15 is 0 Å². The van der Waals surface area contributed by atoms with Gasteiger partial charge < -0.3 is 10.4 Å². The molecule has 0 aromatic carbocycles. The summed E-state index contributed by atoms with van der Waals surface area (Å²) >= 11 is 0. The molecule has 4 nitrogen and oxygen atoms in total. The fourth-order valence-electron chi connectivity index (χ4n) is 0.823. The molecule has 4 heteroatoms. The molecule has 0 radical (unpaired) electrons. The first-order chi connectivity index (χ1) is 5.74. The van der Waals surface area contributed by atoms with Crippen molar-refractivity contribution in [2.45, 2.75) is 6.92 Å². The molecular weight excluding hydrogens is 156 g/mol. The highest BCUT2D eigenvalue weighted by Gasteiger charge is 2.04. The zero-order valence-electron chi connectivity index (χ0n) is 6.74. The topological polar surface area (TPSA) is 62.2 Å². The van der Waals surface area contributed by atoms with E-state index in [4.69, 9.17) is 5.11 Å². The van der Waals surface area contributed by atoms with Gasteiger partial charge in [0.05, 0.1) is 0 Å². The zero-order chi connectivity index (χ0) is 8.97. The maximum absolute atomic E-state index is 11.1. The molecule has 2 N–H and O–H groups in total. The molecule has 1 heterocycles. The second-order valence-corrected chi connectivity index (χ2v) is 2.38. The number of pyridine rings is 1. The summed E-state index contributed by atoms with van der Waals surface area (Å²) in [5, 5.41) is 10.7. The molecule has 0 aliphatic carbocycles. The normalized spacial score (nSPS) is 9.50. The molecule has 12 heavy (non-hydrogen) atoms. The predicted octanol–water partition coefficient (Wildman–Crippen LogP) is 0.0696. The van der Waals surface area contributed by atoms with E-state index in [9.17, 15) is 4.79 Å². The Balaban J connectivity index is 2.81. The van der Waals surface area contributed by atoms with Gasteiger partial charge in [0.25, 0.3) is 5.91 Å². The van der Waals surface area contributed by atoms with Crippen LogP contribution in [0.1, 0.15) is 16.1 Å². The number of aromatic nitrogens is 1. The van der Waals surface area contributed by atoms with Crippen LogP contribution in [0.5, 0.6) is 0 Å². The van der Waals surface area contributed by atoms with Gasteiger partial charge in [0, 0.05) is 6.20 Å². The third-order valence-electron chi connectivity index (χ3n) is 1.39. The first-order valence-corrected chi connectivity index (χ1v) is 3.56. The largest absolute Gasteiger partial charge is 0.376 e. The molecule has 0 saturated carbocycles. The highest BCUT2D eigenvalue weighted by molar-refractivity contribution is 5.92. The van der Waals surface area contributed by atoms with Crippen LogP contribution in [0.25, 0.3) is 0 Å². The van der Waals surface area contributed by atoms with Gasteiger partial charge >= 0.3 is 0 Å². The Bertz CT molecular complexity index is 286. The summed E-state index contributed by atoms with van der Waals surface area (Å²) in [6.07, 6.45) is 1.56. The molecular formula is C8H10N2O2. The fourth-order valence-corrected chi connectivity index (χ4v) is 0.823. The van der Waals surface area contributed by atoms with Crippen LogP contribution in [-0.4, -0.2) is 22.7 Å². The first-order valence-electron chi connectivity index (χ1n) is 3.56. The molecule has 0 unspecified atom stereocenters. The monoisotopic (exact) mass is 166 g/mol. The molecule has 0 saturated heterocycles. The van der Waals surface area contributed by atoms with Gasteiger partial charge in [0.2, 0.25) is 0 Å². The molecule has 1 aromatic rings. The molecule has 1 rings (SSSR count). The number of nitrogens with zero attached hydrogens (tertiary/aromatic N) is 1. The van der Waals surface area contributed by atoms with E-state index in [1.165, 1.54) is 0 Å². The smallest absolute Gasteiger partial charge is 0.271 e. The maximum Gasteiger partial charge on any atom is 0.271 e. The quantitative estimate of drug-likeness (QED) is 0.611. The van der Waals surface area contributed by atoms with Crippen LogP contribution in [0, 0.1) is 6.92 Å². The predicted molar refractivity (Wildman–Crippen MR) is 43.5 cm³/mol. The molecule has 0 aliphatic rings. The number of aryl methyl sites for hydroxylation is 1. The van der Waals surface area contributed by atoms with Crippen molar-refractivity contribution < 1.29 is 9.90 Å². The third kappa shape index (κ3) is 2.03. The molecule has 0 bridgehead atoms. The second-order valence-electron chi connectivity index (χ2n) is 2.38. The number of aliphatic hydroxyl groups is 1. The molecule has 1 amide bonds. The Labute approximate surface area is 70.3 Å². The minimum atomic E-state index is -0.367. The molecule has 0 fully saturated rings. The van der Waals surface area contributed by atoms with Crippen LogP contribution in [0.4, 0.5) is 0 Å². The summed E-state index contributed by atoms with van der Waals surface area (Å²) in [4.78, 5) is 14.9. The van der Waals surface area contributed by atoms with E-state index in [1.54, 1.807) is 18.3 Å². The number of aliphatic hydroxyl groups excluding tert-OH is 1. The lowest BCUT2D eigenvalue weighted by Crippen LogP contribution is -2.24. The van der Waals surface area contributed by atoms with Crippen molar-refractivity contribution in [1.29, 1.82) is 0 Å². The average Bonchev–Trinajstić information content (AvgIpc) is 2.05. The number of hydrogen-bond acceptors (Lipinski definition) is 3. The summed E-state index contributed by atoms with van der Waals surface area (Å²) in [5.74, 6) is -0.360. The zero-order valence-corrected chi connectivity index (χ0v) is 6.74. The lowest BCUT2D eigenvalue weighted by atomic mass is 10.2. The van der Waals surface area contributed by atoms with Gasteiger partial charge in [-0.2, -0.15) is 0 Å². The number of carbonyl (C=O) groups excluding carboxylic acids is 1. The number of amides is 1. The van der Waals surface area contributed by atoms with Gasteiger partial charge in [-0.15, -0.1) is 0 Å². The van der Waals surface area contributed by atoms with Crippen molar-refractivity contribution in [2.75, 3.05) is 6.73 Å². The Hall–Kier alpha value is -1.42. The standard InChI is InChI=1S/C8H10N2O2/c1-6-2-3-9-7(4-6)8(12)10-5-11/h2-4,11H,5H2,1H3,(H,10,12). The highest BCUT2D eigenvalue weighted by Crippen LogP contribution is 1.98. The number of rotatable bonds is 2. The maximum atomic E-state index is 11.1. The van der Waals surface area contributed by atoms with Crippen molar-refractivity contribution in [3.05, 3.63) is 29.6 Å². The van der Waals surface area contributed by atoms with E-state index in [2.05, 4.69) is 10.3 Å². The van der Waals surface area contributed by atoms with Crippen molar-refractivity contribution in [3.63, 3.8) is 0 Å². The summed E-state index contributed by atoms with van der Waals surface area (Å²) in [5.41, 5.74) is 1.29. The second kappa shape index (κ2) is 3.82. The third-order valence-corrected chi connectivity index (χ3v) is 1.39. The summed E-state index contributed by atoms with van der Waals surface area (Å²) in [7, 11) is 0. The minimum absolute atomic E-state index is 0.323. The van der Waals surface area contributed by atoms with Gasteiger partial charge in [0.1, 0.15) is 12.4 Å². The lowest BCUT2D eigenvalue weighted by Gasteiger charge is -2.00. The SMILES string of the molecule is Cc1ccnc(C(=O)NCO)c1. The molecule has 1 aromatic heterocycles. The van der Waals surface area contributed by atoms with E-state index in [1.807, 2.05) is 6.92 Å². The van der Waals surface area contributed by atoms with Crippen molar-refractivity contribution >= 4 is 5.91 Å². The summed E-state index contributed by atoms with van der Waals surface area (Å²) < 4.78 is 0. The molecule has 64 valence electrons. The van der Waals surface area contributed by atoms with Gasteiger partial charge in [0.15, 0.2) is 0 Å². The highest BCUT2D eigenvalue weighted by atomic mass is 16.3. The van der Waals surface area contributed by atoms with Gasteiger partial charge in [-0.1, -0.05) is 0 Å². The van der Waals surface area contributed by atoms with Crippen LogP contribution < -0.4 is 5.32 Å². The van der Waals surface area contributed by atoms with E-state index in [0.29, 0.717) is 5.69 Å². The van der Waals surface area contributed by atoms with Crippen LogP contribution in [-0.2, 0) is 0 Å². The summed E-state index contributed by atoms with van der Waals surface area (Å²) in [6.45, 7) is 1.51. The molecule has 0 aliphatic heterocycles. The number of hydrogen-bond donors (Lipinski definition) is 2. The van der Waals surface area contributed by atoms with Crippen molar-refractivity contribution in [2.24, 2.45) is 0 Å². The Morgan fingerprint density at radius 2 is 2.50 bits per heavy atom. The fraction of sp³-hybridized carbons (Fsp3) is 0.250. The summed E-state index contributed by atoms with van der Waals surface area (Å²) in [6, 6.07) is 3.46. The van der Waals surface area contributed by atoms with Gasteiger partial charge in [-0.3, -0.25) is 9.78 Å². The Kier molecular flexibility index (Phi) is 2.76. The van der Waals surface area contributed by atoms with Gasteiger partial charge in [-0.05, 0) is 24.6 Å². The van der Waals surface area contributed by atoms with Gasteiger partial charge in [-0.25, -0.2) is 0 Å². The van der Waals surface area contributed by atoms with Crippen LogP contribution in [0.3, 0.4) is 0 Å². The first kappa shape index (κ1) is 8.67. The van der Waals surface area contributed by atoms with Crippen molar-refractivity contribution in [1.82, 2.24) is 10.3 Å². The number of nitrogens with one attached hydrogen (secondary N) is 1. The van der Waals surface area contributed by atoms with Crippen LogP contribution in [0.2, 0.25) is 0 Å². The molecule has 0 spiro atoms. The van der Waals surface area contributed by atoms with Crippen LogP contribution in [0.15, 0.2) is 18.3 Å². The van der Waals surface area contributed by atoms with E-state index in [-0.39, 0.29) is 12.6 Å². The Morgan fingerprint density at radius 1 is 1.75 bits per heavy atom. The molecule has 0 atom stereocenters. The van der Waals surface area contributed by atoms with Crippen molar-refractivity contribution in [3.8, 4) is 0 Å². The lowest BCUT2D eigenvalue weighted by molar-refractivity contribution is 0.0905. The van der Waals surface area contributed by atoms with E-state index in [0.717, 1.165) is 5.56 Å². The Morgan fingerprint density at radius 3 is 3.08 bits per heavy atom. The van der Waals surface area contributed by atoms with Crippen LogP contribution >= 0.6 is 0 Å². The minimum Gasteiger partial charge on any atom is -0.376 e. The van der Waals surface area contributed by atoms with E-state index < -0.39 is 0 Å². The average molecular weight is 166 g/mol.